The minimum atomic E-state index is -0.374. The van der Waals surface area contributed by atoms with Crippen molar-refractivity contribution >= 4 is 23.1 Å². The molecule has 2 aromatic carbocycles. The van der Waals surface area contributed by atoms with Crippen molar-refractivity contribution in [2.75, 3.05) is 43.0 Å². The van der Waals surface area contributed by atoms with E-state index in [1.165, 1.54) is 24.3 Å². The topological polar surface area (TPSA) is 38.8 Å². The molecule has 0 aliphatic carbocycles. The molecule has 1 fully saturated rings. The standard InChI is InChI=1S/C21H24F2N4O/c1-25-10-2-3-18(25)14-24-21(28)27-12-11-26(17-7-4-15(22)5-8-17)20-13-16(23)6-9-19(20)27/h4-9,13,18H,2-3,10-12,14H2,1H3,(H,24,28)/t18-/m1/s1. The van der Waals surface area contributed by atoms with E-state index in [2.05, 4.69) is 17.3 Å². The summed E-state index contributed by atoms with van der Waals surface area (Å²) in [6, 6.07) is 10.7. The second-order valence-corrected chi connectivity index (χ2v) is 7.38. The van der Waals surface area contributed by atoms with Gasteiger partial charge in [-0.25, -0.2) is 13.6 Å². The molecule has 0 aromatic heterocycles. The maximum absolute atomic E-state index is 14.0. The highest BCUT2D eigenvalue weighted by atomic mass is 19.1. The summed E-state index contributed by atoms with van der Waals surface area (Å²) in [5.74, 6) is -0.696. The smallest absolute Gasteiger partial charge is 0.322 e. The molecule has 0 radical (unpaired) electrons. The third kappa shape index (κ3) is 3.67. The van der Waals surface area contributed by atoms with Crippen molar-refractivity contribution in [3.05, 3.63) is 54.1 Å². The van der Waals surface area contributed by atoms with E-state index in [1.807, 2.05) is 4.90 Å². The molecule has 1 N–H and O–H groups in total. The van der Waals surface area contributed by atoms with Crippen LogP contribution in [0.4, 0.5) is 30.6 Å². The molecule has 1 saturated heterocycles. The third-order valence-corrected chi connectivity index (χ3v) is 5.61. The monoisotopic (exact) mass is 386 g/mol. The number of hydrogen-bond donors (Lipinski definition) is 1. The molecule has 2 aromatic rings. The molecule has 2 aliphatic rings. The maximum Gasteiger partial charge on any atom is 0.322 e. The van der Waals surface area contributed by atoms with Gasteiger partial charge in [0.15, 0.2) is 0 Å². The zero-order chi connectivity index (χ0) is 19.7. The van der Waals surface area contributed by atoms with Crippen molar-refractivity contribution in [3.8, 4) is 0 Å². The number of carbonyl (C=O) groups excluding carboxylic acids is 1. The highest BCUT2D eigenvalue weighted by Crippen LogP contribution is 2.38. The van der Waals surface area contributed by atoms with Crippen LogP contribution < -0.4 is 15.1 Å². The number of nitrogens with zero attached hydrogens (tertiary/aromatic N) is 3. The van der Waals surface area contributed by atoms with Crippen LogP contribution in [0.2, 0.25) is 0 Å². The number of likely N-dealkylation sites (N-methyl/N-ethyl adjacent to an activating group) is 1. The van der Waals surface area contributed by atoms with Crippen molar-refractivity contribution in [1.29, 1.82) is 0 Å². The van der Waals surface area contributed by atoms with Crippen LogP contribution in [-0.2, 0) is 0 Å². The highest BCUT2D eigenvalue weighted by Gasteiger charge is 2.29. The summed E-state index contributed by atoms with van der Waals surface area (Å²) in [6.45, 7) is 2.62. The SMILES string of the molecule is CN1CCC[C@@H]1CNC(=O)N1CCN(c2ccc(F)cc2)c2cc(F)ccc21. The summed E-state index contributed by atoms with van der Waals surface area (Å²) in [4.78, 5) is 18.7. The van der Waals surface area contributed by atoms with E-state index in [9.17, 15) is 13.6 Å². The van der Waals surface area contributed by atoms with Gasteiger partial charge in [-0.1, -0.05) is 0 Å². The summed E-state index contributed by atoms with van der Waals surface area (Å²) in [5.41, 5.74) is 2.01. The minimum absolute atomic E-state index is 0.174. The lowest BCUT2D eigenvalue weighted by Crippen LogP contribution is -2.49. The average molecular weight is 386 g/mol. The lowest BCUT2D eigenvalue weighted by molar-refractivity contribution is 0.239. The quantitative estimate of drug-likeness (QED) is 0.874. The molecule has 2 amide bonds. The van der Waals surface area contributed by atoms with E-state index in [-0.39, 0.29) is 17.7 Å². The molecule has 5 nitrogen and oxygen atoms in total. The summed E-state index contributed by atoms with van der Waals surface area (Å²) < 4.78 is 27.2. The molecule has 0 bridgehead atoms. The van der Waals surface area contributed by atoms with E-state index in [0.717, 1.165) is 25.1 Å². The van der Waals surface area contributed by atoms with Gasteiger partial charge in [-0.15, -0.1) is 0 Å². The maximum atomic E-state index is 14.0. The second kappa shape index (κ2) is 7.75. The number of nitrogens with one attached hydrogen (secondary N) is 1. The molecule has 148 valence electrons. The lowest BCUT2D eigenvalue weighted by atomic mass is 10.1. The highest BCUT2D eigenvalue weighted by molar-refractivity contribution is 5.98. The first kappa shape index (κ1) is 18.7. The van der Waals surface area contributed by atoms with Crippen LogP contribution in [0.5, 0.6) is 0 Å². The number of amides is 2. The van der Waals surface area contributed by atoms with Crippen molar-refractivity contribution in [2.45, 2.75) is 18.9 Å². The molecular weight excluding hydrogens is 362 g/mol. The predicted molar refractivity (Wildman–Crippen MR) is 106 cm³/mol. The van der Waals surface area contributed by atoms with Crippen LogP contribution in [0, 0.1) is 11.6 Å². The molecule has 2 heterocycles. The van der Waals surface area contributed by atoms with E-state index in [0.29, 0.717) is 37.1 Å². The zero-order valence-corrected chi connectivity index (χ0v) is 15.9. The fourth-order valence-corrected chi connectivity index (χ4v) is 4.02. The summed E-state index contributed by atoms with van der Waals surface area (Å²) in [5, 5.41) is 3.03. The number of benzene rings is 2. The molecule has 1 atom stereocenters. The Morgan fingerprint density at radius 1 is 1.04 bits per heavy atom. The molecular formula is C21H24F2N4O. The van der Waals surface area contributed by atoms with Gasteiger partial charge in [-0.3, -0.25) is 4.90 Å². The Bertz CT molecular complexity index is 858. The third-order valence-electron chi connectivity index (χ3n) is 5.61. The van der Waals surface area contributed by atoms with Gasteiger partial charge in [-0.2, -0.15) is 0 Å². The number of rotatable bonds is 3. The van der Waals surface area contributed by atoms with Crippen LogP contribution in [0.3, 0.4) is 0 Å². The Hall–Kier alpha value is -2.67. The number of urea groups is 1. The van der Waals surface area contributed by atoms with Gasteiger partial charge < -0.3 is 15.1 Å². The second-order valence-electron chi connectivity index (χ2n) is 7.38. The van der Waals surface area contributed by atoms with Crippen LogP contribution in [0.1, 0.15) is 12.8 Å². The van der Waals surface area contributed by atoms with Crippen molar-refractivity contribution in [1.82, 2.24) is 10.2 Å². The Morgan fingerprint density at radius 2 is 1.79 bits per heavy atom. The first-order valence-electron chi connectivity index (χ1n) is 9.61. The van der Waals surface area contributed by atoms with Gasteiger partial charge in [0.25, 0.3) is 0 Å². The Labute approximate surface area is 163 Å². The molecule has 7 heteroatoms. The van der Waals surface area contributed by atoms with Gasteiger partial charge in [0.1, 0.15) is 11.6 Å². The fourth-order valence-electron chi connectivity index (χ4n) is 4.02. The van der Waals surface area contributed by atoms with Gasteiger partial charge in [0.2, 0.25) is 0 Å². The first-order chi connectivity index (χ1) is 13.5. The van der Waals surface area contributed by atoms with Gasteiger partial charge in [0, 0.05) is 31.4 Å². The number of anilines is 3. The molecule has 0 unspecified atom stereocenters. The van der Waals surface area contributed by atoms with Crippen LogP contribution in [0.15, 0.2) is 42.5 Å². The van der Waals surface area contributed by atoms with Gasteiger partial charge in [-0.05, 0) is 68.9 Å². The van der Waals surface area contributed by atoms with Crippen LogP contribution in [0.25, 0.3) is 0 Å². The van der Waals surface area contributed by atoms with Crippen LogP contribution >= 0.6 is 0 Å². The number of halogens is 2. The summed E-state index contributed by atoms with van der Waals surface area (Å²) in [6.07, 6.45) is 2.23. The first-order valence-corrected chi connectivity index (χ1v) is 9.61. The predicted octanol–water partition coefficient (Wildman–Crippen LogP) is 3.73. The van der Waals surface area contributed by atoms with E-state index < -0.39 is 0 Å². The Morgan fingerprint density at radius 3 is 2.50 bits per heavy atom. The minimum Gasteiger partial charge on any atom is -0.338 e. The number of fused-ring (bicyclic) bond motifs is 1. The number of likely N-dealkylation sites (tertiary alicyclic amines) is 1. The zero-order valence-electron chi connectivity index (χ0n) is 15.9. The molecule has 0 saturated carbocycles. The van der Waals surface area contributed by atoms with Gasteiger partial charge >= 0.3 is 6.03 Å². The van der Waals surface area contributed by atoms with Crippen molar-refractivity contribution < 1.29 is 13.6 Å². The van der Waals surface area contributed by atoms with Gasteiger partial charge in [0.05, 0.1) is 11.4 Å². The van der Waals surface area contributed by atoms with Crippen molar-refractivity contribution in [2.24, 2.45) is 0 Å². The van der Waals surface area contributed by atoms with E-state index in [1.54, 1.807) is 23.1 Å². The average Bonchev–Trinajstić information content (AvgIpc) is 3.10. The number of hydrogen-bond acceptors (Lipinski definition) is 3. The normalized spacial score (nSPS) is 19.6. The summed E-state index contributed by atoms with van der Waals surface area (Å²) >= 11 is 0. The molecule has 4 rings (SSSR count). The Kier molecular flexibility index (Phi) is 5.17. The molecule has 0 spiro atoms. The van der Waals surface area contributed by atoms with Crippen molar-refractivity contribution in [3.63, 3.8) is 0 Å². The van der Waals surface area contributed by atoms with Crippen LogP contribution in [-0.4, -0.2) is 50.2 Å². The Balaban J connectivity index is 1.55. The van der Waals surface area contributed by atoms with E-state index in [4.69, 9.17) is 0 Å². The number of carbonyl (C=O) groups is 1. The largest absolute Gasteiger partial charge is 0.338 e. The molecule has 28 heavy (non-hydrogen) atoms. The fraction of sp³-hybridized carbons (Fsp3) is 0.381. The lowest BCUT2D eigenvalue weighted by Gasteiger charge is -2.38. The summed E-state index contributed by atoms with van der Waals surface area (Å²) in [7, 11) is 2.07. The molecule has 2 aliphatic heterocycles. The van der Waals surface area contributed by atoms with E-state index >= 15 is 0 Å².